The normalized spacial score (nSPS) is 22.3. The highest BCUT2D eigenvalue weighted by Crippen LogP contribution is 2.36. The van der Waals surface area contributed by atoms with Crippen LogP contribution < -0.4 is 10.1 Å². The monoisotopic (exact) mass is 685 g/mol. The number of hydrogen-bond donors (Lipinski definition) is 3. The van der Waals surface area contributed by atoms with Crippen LogP contribution in [-0.2, 0) is 31.9 Å². The molecule has 0 bridgehead atoms. The second-order valence-electron chi connectivity index (χ2n) is 13.8. The van der Waals surface area contributed by atoms with E-state index in [9.17, 15) is 19.8 Å². The van der Waals surface area contributed by atoms with Crippen LogP contribution in [0.15, 0.2) is 78.9 Å². The van der Waals surface area contributed by atoms with E-state index in [2.05, 4.69) is 10.2 Å². The predicted molar refractivity (Wildman–Crippen MR) is 190 cm³/mol. The number of hydrogen-bond acceptors (Lipinski definition) is 8. The molecule has 0 unspecified atom stereocenters. The molecule has 0 aromatic heterocycles. The first kappa shape index (κ1) is 36.0. The minimum absolute atomic E-state index is 0.000198. The number of likely N-dealkylation sites (N-methyl/N-ethyl adjacent to an activating group) is 1. The van der Waals surface area contributed by atoms with Gasteiger partial charge in [0.25, 0.3) is 0 Å². The summed E-state index contributed by atoms with van der Waals surface area (Å²) in [7, 11) is 1.67. The van der Waals surface area contributed by atoms with Gasteiger partial charge in [-0.05, 0) is 53.6 Å². The van der Waals surface area contributed by atoms with Crippen LogP contribution in [-0.4, -0.2) is 109 Å². The Morgan fingerprint density at radius 2 is 1.74 bits per heavy atom. The van der Waals surface area contributed by atoms with Gasteiger partial charge < -0.3 is 34.6 Å². The number of morpholine rings is 1. The number of ether oxygens (including phenoxy) is 3. The maximum Gasteiger partial charge on any atom is 0.245 e. The maximum atomic E-state index is 14.3. The number of rotatable bonds is 15. The van der Waals surface area contributed by atoms with Crippen molar-refractivity contribution in [2.75, 3.05) is 53.1 Å². The molecule has 3 aliphatic rings. The van der Waals surface area contributed by atoms with Gasteiger partial charge in [0.15, 0.2) is 0 Å². The molecule has 1 aliphatic carbocycles. The largest absolute Gasteiger partial charge is 0.492 e. The Morgan fingerprint density at radius 1 is 1.00 bits per heavy atom. The molecule has 0 radical (unpaired) electrons. The predicted octanol–water partition coefficient (Wildman–Crippen LogP) is 3.65. The van der Waals surface area contributed by atoms with Crippen LogP contribution in [0.25, 0.3) is 0 Å². The number of fused-ring (bicyclic) bond motifs is 1. The number of aliphatic hydroxyl groups excluding tert-OH is 2. The second kappa shape index (κ2) is 17.4. The molecule has 3 aromatic carbocycles. The summed E-state index contributed by atoms with van der Waals surface area (Å²) < 4.78 is 17.2. The van der Waals surface area contributed by atoms with Crippen LogP contribution in [0.5, 0.6) is 5.75 Å². The van der Waals surface area contributed by atoms with Crippen LogP contribution >= 0.6 is 0 Å². The molecule has 6 rings (SSSR count). The highest BCUT2D eigenvalue weighted by atomic mass is 16.5. The fourth-order valence-corrected chi connectivity index (χ4v) is 7.57. The minimum atomic E-state index is -1.01. The molecule has 268 valence electrons. The first-order chi connectivity index (χ1) is 24.4. The zero-order chi connectivity index (χ0) is 34.9. The van der Waals surface area contributed by atoms with E-state index in [4.69, 9.17) is 14.2 Å². The average Bonchev–Trinajstić information content (AvgIpc) is 3.77. The summed E-state index contributed by atoms with van der Waals surface area (Å²) in [6, 6.07) is 24.0. The van der Waals surface area contributed by atoms with Gasteiger partial charge in [0.05, 0.1) is 44.0 Å². The Hall–Kier alpha value is -3.80. The number of nitrogens with zero attached hydrogens (tertiary/aromatic N) is 2. The van der Waals surface area contributed by atoms with Crippen LogP contribution in [0, 0.1) is 0 Å². The molecule has 0 spiro atoms. The lowest BCUT2D eigenvalue weighted by atomic mass is 9.84. The Kier molecular flexibility index (Phi) is 12.5. The van der Waals surface area contributed by atoms with E-state index in [0.717, 1.165) is 73.7 Å². The molecule has 2 fully saturated rings. The summed E-state index contributed by atoms with van der Waals surface area (Å²) in [5, 5.41) is 26.0. The topological polar surface area (TPSA) is 121 Å². The summed E-state index contributed by atoms with van der Waals surface area (Å²) in [6.07, 6.45) is 0.907. The Balaban J connectivity index is 1.20. The summed E-state index contributed by atoms with van der Waals surface area (Å²) in [5.41, 5.74) is 3.86. The smallest absolute Gasteiger partial charge is 0.245 e. The highest BCUT2D eigenvalue weighted by Gasteiger charge is 2.39. The lowest BCUT2D eigenvalue weighted by molar-refractivity contribution is -0.140. The Bertz CT molecular complexity index is 1530. The van der Waals surface area contributed by atoms with Crippen molar-refractivity contribution in [3.05, 3.63) is 101 Å². The highest BCUT2D eigenvalue weighted by molar-refractivity contribution is 5.88. The number of aliphatic hydroxyl groups is 2. The van der Waals surface area contributed by atoms with Crippen molar-refractivity contribution in [1.82, 2.24) is 15.1 Å². The van der Waals surface area contributed by atoms with Crippen LogP contribution in [0.3, 0.4) is 0 Å². The minimum Gasteiger partial charge on any atom is -0.492 e. The number of benzene rings is 3. The third-order valence-corrected chi connectivity index (χ3v) is 10.3. The molecule has 2 amide bonds. The number of carbonyl (C=O) groups is 2. The van der Waals surface area contributed by atoms with Crippen LogP contribution in [0.4, 0.5) is 0 Å². The summed E-state index contributed by atoms with van der Waals surface area (Å²) in [4.78, 5) is 31.5. The van der Waals surface area contributed by atoms with E-state index < -0.39 is 24.3 Å². The van der Waals surface area contributed by atoms with Crippen molar-refractivity contribution in [2.45, 2.75) is 74.8 Å². The lowest BCUT2D eigenvalue weighted by Crippen LogP contribution is -2.51. The molecule has 6 atom stereocenters. The van der Waals surface area contributed by atoms with Gasteiger partial charge in [-0.1, -0.05) is 66.7 Å². The molecule has 10 nitrogen and oxygen atoms in total. The molecular weight excluding hydrogens is 634 g/mol. The summed E-state index contributed by atoms with van der Waals surface area (Å²) >= 11 is 0. The third-order valence-electron chi connectivity index (χ3n) is 10.3. The standard InChI is InChI=1S/C40H51N3O7/c1-42(39-33-12-6-5-10-30(33)25-37(39)45)40(47)35(41-38(46)26-32-11-7-20-49-32)27-36(44)34(24-28-8-3-2-4-9-28)29-13-15-31(16-14-29)50-23-19-43-17-21-48-22-18-43/h2-6,8-10,12-16,32,34-37,39,44-45H,7,11,17-27H2,1H3,(H,41,46)/t32-,34+,35-,36+,37-,39+/m1/s1. The molecular formula is C40H51N3O7. The van der Waals surface area contributed by atoms with E-state index in [-0.39, 0.29) is 36.7 Å². The number of amides is 2. The Morgan fingerprint density at radius 3 is 2.48 bits per heavy atom. The van der Waals surface area contributed by atoms with Gasteiger partial charge >= 0.3 is 0 Å². The van der Waals surface area contributed by atoms with Crippen LogP contribution in [0.1, 0.15) is 59.9 Å². The molecule has 3 N–H and O–H groups in total. The molecule has 2 heterocycles. The molecule has 2 aliphatic heterocycles. The first-order valence-electron chi connectivity index (χ1n) is 18.0. The first-order valence-corrected chi connectivity index (χ1v) is 18.0. The average molecular weight is 686 g/mol. The van der Waals surface area contributed by atoms with E-state index >= 15 is 0 Å². The van der Waals surface area contributed by atoms with E-state index in [1.807, 2.05) is 78.9 Å². The fourth-order valence-electron chi connectivity index (χ4n) is 7.57. The van der Waals surface area contributed by atoms with E-state index in [1.165, 1.54) is 4.90 Å². The molecule has 2 saturated heterocycles. The van der Waals surface area contributed by atoms with Gasteiger partial charge in [-0.25, -0.2) is 0 Å². The van der Waals surface area contributed by atoms with Gasteiger partial charge in [0.1, 0.15) is 18.4 Å². The van der Waals surface area contributed by atoms with Gasteiger partial charge in [0.2, 0.25) is 11.8 Å². The summed E-state index contributed by atoms with van der Waals surface area (Å²) in [5.74, 6) is -0.260. The van der Waals surface area contributed by atoms with Crippen molar-refractivity contribution in [3.63, 3.8) is 0 Å². The SMILES string of the molecule is CN(C(=O)[C@@H](C[C@H](O)[C@@H](Cc1ccccc1)c1ccc(OCCN2CCOCC2)cc1)NC(=O)C[C@H]1CCCO1)[C@H]1c2ccccc2C[C@H]1O. The fraction of sp³-hybridized carbons (Fsp3) is 0.500. The zero-order valence-electron chi connectivity index (χ0n) is 29.0. The summed E-state index contributed by atoms with van der Waals surface area (Å²) in [6.45, 7) is 5.33. The lowest BCUT2D eigenvalue weighted by Gasteiger charge is -2.34. The molecule has 50 heavy (non-hydrogen) atoms. The quantitative estimate of drug-likeness (QED) is 0.222. The van der Waals surface area contributed by atoms with E-state index in [0.29, 0.717) is 26.1 Å². The van der Waals surface area contributed by atoms with Gasteiger partial charge in [0, 0.05) is 52.0 Å². The van der Waals surface area contributed by atoms with Crippen molar-refractivity contribution >= 4 is 11.8 Å². The number of carbonyl (C=O) groups excluding carboxylic acids is 2. The van der Waals surface area contributed by atoms with Crippen molar-refractivity contribution in [2.24, 2.45) is 0 Å². The van der Waals surface area contributed by atoms with Gasteiger partial charge in [-0.15, -0.1) is 0 Å². The third kappa shape index (κ3) is 9.30. The van der Waals surface area contributed by atoms with Crippen LogP contribution in [0.2, 0.25) is 0 Å². The molecule has 0 saturated carbocycles. The maximum absolute atomic E-state index is 14.3. The molecule has 10 heteroatoms. The Labute approximate surface area is 295 Å². The van der Waals surface area contributed by atoms with Crippen molar-refractivity contribution in [1.29, 1.82) is 0 Å². The zero-order valence-corrected chi connectivity index (χ0v) is 29.0. The van der Waals surface area contributed by atoms with Crippen molar-refractivity contribution in [3.8, 4) is 5.75 Å². The molecule has 3 aromatic rings. The van der Waals surface area contributed by atoms with E-state index in [1.54, 1.807) is 7.05 Å². The number of nitrogens with one attached hydrogen (secondary N) is 1. The van der Waals surface area contributed by atoms with Crippen molar-refractivity contribution < 1.29 is 34.0 Å². The van der Waals surface area contributed by atoms with Gasteiger partial charge in [-0.3, -0.25) is 14.5 Å². The second-order valence-corrected chi connectivity index (χ2v) is 13.8. The van der Waals surface area contributed by atoms with Gasteiger partial charge in [-0.2, -0.15) is 0 Å².